The number of nitrogens with zero attached hydrogens (tertiary/aromatic N) is 1. The third kappa shape index (κ3) is 5.64. The van der Waals surface area contributed by atoms with Gasteiger partial charge in [-0.15, -0.1) is 0 Å². The predicted octanol–water partition coefficient (Wildman–Crippen LogP) is 2.57. The van der Waals surface area contributed by atoms with Gasteiger partial charge < -0.3 is 23.8 Å². The van der Waals surface area contributed by atoms with Crippen LogP contribution in [0.5, 0.6) is 17.2 Å². The molecule has 0 N–H and O–H groups in total. The van der Waals surface area contributed by atoms with E-state index < -0.39 is 5.97 Å². The topological polar surface area (TPSA) is 74.3 Å². The zero-order valence-corrected chi connectivity index (χ0v) is 16.6. The summed E-state index contributed by atoms with van der Waals surface area (Å²) < 4.78 is 20.7. The van der Waals surface area contributed by atoms with Crippen molar-refractivity contribution in [3.63, 3.8) is 0 Å². The molecule has 0 bridgehead atoms. The highest BCUT2D eigenvalue weighted by molar-refractivity contribution is 5.89. The van der Waals surface area contributed by atoms with Gasteiger partial charge in [0.1, 0.15) is 5.75 Å². The number of carbonyl (C=O) groups excluding carboxylic acids is 2. The van der Waals surface area contributed by atoms with Gasteiger partial charge in [-0.25, -0.2) is 4.79 Å². The first-order valence-corrected chi connectivity index (χ1v) is 8.74. The Labute approximate surface area is 164 Å². The number of ether oxygens (including phenoxy) is 4. The highest BCUT2D eigenvalue weighted by Gasteiger charge is 2.12. The van der Waals surface area contributed by atoms with E-state index in [0.29, 0.717) is 35.8 Å². The molecule has 0 atom stereocenters. The molecule has 0 unspecified atom stereocenters. The van der Waals surface area contributed by atoms with E-state index in [4.69, 9.17) is 14.2 Å². The first kappa shape index (κ1) is 21.1. The zero-order chi connectivity index (χ0) is 20.5. The number of likely N-dealkylation sites (N-methyl/N-ethyl adjacent to an activating group) is 1. The molecule has 2 rings (SSSR count). The second-order valence-corrected chi connectivity index (χ2v) is 6.06. The van der Waals surface area contributed by atoms with E-state index in [0.717, 1.165) is 5.56 Å². The van der Waals surface area contributed by atoms with Gasteiger partial charge in [-0.05, 0) is 48.4 Å². The van der Waals surface area contributed by atoms with Crippen LogP contribution in [0.3, 0.4) is 0 Å². The van der Waals surface area contributed by atoms with Gasteiger partial charge in [0.25, 0.3) is 5.91 Å². The second kappa shape index (κ2) is 10.2. The summed E-state index contributed by atoms with van der Waals surface area (Å²) in [6, 6.07) is 12.1. The fraction of sp³-hybridized carbons (Fsp3) is 0.333. The highest BCUT2D eigenvalue weighted by Crippen LogP contribution is 2.27. The highest BCUT2D eigenvalue weighted by atomic mass is 16.5. The van der Waals surface area contributed by atoms with Gasteiger partial charge in [-0.1, -0.05) is 6.07 Å². The maximum atomic E-state index is 12.3. The summed E-state index contributed by atoms with van der Waals surface area (Å²) in [5.41, 5.74) is 1.46. The van der Waals surface area contributed by atoms with Crippen molar-refractivity contribution in [1.82, 2.24) is 4.90 Å². The van der Waals surface area contributed by atoms with Crippen LogP contribution in [0, 0.1) is 0 Å². The first-order chi connectivity index (χ1) is 13.5. The molecule has 0 aromatic heterocycles. The maximum Gasteiger partial charge on any atom is 0.337 e. The summed E-state index contributed by atoms with van der Waals surface area (Å²) >= 11 is 0. The Morgan fingerprint density at radius 2 is 1.61 bits per heavy atom. The van der Waals surface area contributed by atoms with Crippen molar-refractivity contribution in [2.75, 3.05) is 41.5 Å². The second-order valence-electron chi connectivity index (χ2n) is 6.06. The van der Waals surface area contributed by atoms with Crippen molar-refractivity contribution in [2.45, 2.75) is 6.42 Å². The van der Waals surface area contributed by atoms with Gasteiger partial charge in [0.15, 0.2) is 18.1 Å². The third-order valence-corrected chi connectivity index (χ3v) is 4.25. The van der Waals surface area contributed by atoms with E-state index in [1.807, 2.05) is 18.2 Å². The fourth-order valence-corrected chi connectivity index (χ4v) is 2.52. The van der Waals surface area contributed by atoms with E-state index in [1.165, 1.54) is 7.11 Å². The van der Waals surface area contributed by atoms with E-state index >= 15 is 0 Å². The molecule has 7 heteroatoms. The van der Waals surface area contributed by atoms with Gasteiger partial charge in [0.2, 0.25) is 0 Å². The molecule has 2 aromatic carbocycles. The third-order valence-electron chi connectivity index (χ3n) is 4.25. The average Bonchev–Trinajstić information content (AvgIpc) is 2.75. The van der Waals surface area contributed by atoms with Gasteiger partial charge in [0, 0.05) is 13.6 Å². The lowest BCUT2D eigenvalue weighted by Crippen LogP contribution is -2.33. The summed E-state index contributed by atoms with van der Waals surface area (Å²) in [6.45, 7) is 0.457. The van der Waals surface area contributed by atoms with E-state index in [1.54, 1.807) is 50.4 Å². The van der Waals surface area contributed by atoms with Gasteiger partial charge in [-0.3, -0.25) is 4.79 Å². The summed E-state index contributed by atoms with van der Waals surface area (Å²) in [7, 11) is 6.23. The number of amides is 1. The van der Waals surface area contributed by atoms with Crippen LogP contribution in [-0.2, 0) is 16.0 Å². The van der Waals surface area contributed by atoms with Crippen molar-refractivity contribution >= 4 is 11.9 Å². The van der Waals surface area contributed by atoms with Crippen molar-refractivity contribution in [2.24, 2.45) is 0 Å². The Kier molecular flexibility index (Phi) is 7.68. The number of methoxy groups -OCH3 is 3. The molecule has 7 nitrogen and oxygen atoms in total. The molecule has 0 saturated carbocycles. The minimum Gasteiger partial charge on any atom is -0.493 e. The van der Waals surface area contributed by atoms with Gasteiger partial charge in [-0.2, -0.15) is 0 Å². The van der Waals surface area contributed by atoms with Crippen molar-refractivity contribution < 1.29 is 28.5 Å². The van der Waals surface area contributed by atoms with E-state index in [9.17, 15) is 9.59 Å². The summed E-state index contributed by atoms with van der Waals surface area (Å²) in [5, 5.41) is 0. The lowest BCUT2D eigenvalue weighted by Gasteiger charge is -2.18. The normalized spacial score (nSPS) is 10.1. The monoisotopic (exact) mass is 387 g/mol. The molecule has 2 aromatic rings. The Balaban J connectivity index is 1.83. The average molecular weight is 387 g/mol. The van der Waals surface area contributed by atoms with Crippen LogP contribution >= 0.6 is 0 Å². The SMILES string of the molecule is COC(=O)c1ccc(OCC(=O)N(C)CCc2ccc(OC)c(OC)c2)cc1. The quantitative estimate of drug-likeness (QED) is 0.616. The van der Waals surface area contributed by atoms with Crippen LogP contribution in [0.2, 0.25) is 0 Å². The Morgan fingerprint density at radius 1 is 0.929 bits per heavy atom. The number of benzene rings is 2. The van der Waals surface area contributed by atoms with Crippen LogP contribution in [-0.4, -0.2) is 58.3 Å². The van der Waals surface area contributed by atoms with Crippen LogP contribution in [0.4, 0.5) is 0 Å². The number of rotatable bonds is 9. The van der Waals surface area contributed by atoms with Crippen LogP contribution < -0.4 is 14.2 Å². The Morgan fingerprint density at radius 3 is 2.21 bits per heavy atom. The number of esters is 1. The lowest BCUT2D eigenvalue weighted by molar-refractivity contribution is -0.132. The summed E-state index contributed by atoms with van der Waals surface area (Å²) in [6.07, 6.45) is 0.677. The Hall–Kier alpha value is -3.22. The van der Waals surface area contributed by atoms with Gasteiger partial charge >= 0.3 is 5.97 Å². The van der Waals surface area contributed by atoms with Crippen molar-refractivity contribution in [1.29, 1.82) is 0 Å². The molecular formula is C21H25NO6. The molecule has 0 aliphatic rings. The lowest BCUT2D eigenvalue weighted by atomic mass is 10.1. The standard InChI is InChI=1S/C21H25NO6/c1-22(12-11-15-5-10-18(25-2)19(13-15)26-3)20(23)14-28-17-8-6-16(7-9-17)21(24)27-4/h5-10,13H,11-12,14H2,1-4H3. The zero-order valence-electron chi connectivity index (χ0n) is 16.6. The largest absolute Gasteiger partial charge is 0.493 e. The summed E-state index contributed by atoms with van der Waals surface area (Å²) in [4.78, 5) is 25.3. The van der Waals surface area contributed by atoms with Crippen molar-refractivity contribution in [3.8, 4) is 17.2 Å². The molecule has 0 aliphatic carbocycles. The minimum atomic E-state index is -0.419. The van der Waals surface area contributed by atoms with Crippen LogP contribution in [0.15, 0.2) is 42.5 Å². The maximum absolute atomic E-state index is 12.3. The first-order valence-electron chi connectivity index (χ1n) is 8.74. The molecule has 1 amide bonds. The van der Waals surface area contributed by atoms with Crippen LogP contribution in [0.1, 0.15) is 15.9 Å². The number of hydrogen-bond donors (Lipinski definition) is 0. The van der Waals surface area contributed by atoms with E-state index in [2.05, 4.69) is 4.74 Å². The van der Waals surface area contributed by atoms with E-state index in [-0.39, 0.29) is 12.5 Å². The number of carbonyl (C=O) groups is 2. The molecular weight excluding hydrogens is 362 g/mol. The van der Waals surface area contributed by atoms with Crippen molar-refractivity contribution in [3.05, 3.63) is 53.6 Å². The fourth-order valence-electron chi connectivity index (χ4n) is 2.52. The molecule has 0 radical (unpaired) electrons. The molecule has 0 fully saturated rings. The molecule has 28 heavy (non-hydrogen) atoms. The molecule has 0 spiro atoms. The van der Waals surface area contributed by atoms with Gasteiger partial charge in [0.05, 0.1) is 26.9 Å². The smallest absolute Gasteiger partial charge is 0.337 e. The predicted molar refractivity (Wildman–Crippen MR) is 104 cm³/mol. The van der Waals surface area contributed by atoms with Crippen LogP contribution in [0.25, 0.3) is 0 Å². The summed E-state index contributed by atoms with van der Waals surface area (Å²) in [5.74, 6) is 1.28. The molecule has 150 valence electrons. The molecule has 0 aliphatic heterocycles. The molecule has 0 saturated heterocycles. The minimum absolute atomic E-state index is 0.0833. The number of hydrogen-bond acceptors (Lipinski definition) is 6. The molecule has 0 heterocycles. The Bertz CT molecular complexity index is 803.